The maximum atomic E-state index is 12.6. The number of aromatic amines is 2. The van der Waals surface area contributed by atoms with E-state index in [9.17, 15) is 9.59 Å². The number of hydrogen-bond donors (Lipinski definition) is 3. The normalized spacial score (nSPS) is 10.7. The molecule has 122 valence electrons. The Labute approximate surface area is 141 Å². The molecule has 0 unspecified atom stereocenters. The predicted molar refractivity (Wildman–Crippen MR) is 94.3 cm³/mol. The van der Waals surface area contributed by atoms with Gasteiger partial charge in [-0.05, 0) is 24.3 Å². The third kappa shape index (κ3) is 2.78. The van der Waals surface area contributed by atoms with E-state index < -0.39 is 5.91 Å². The fraction of sp³-hybridized carbons (Fsp3) is 0. The fourth-order valence-electron chi connectivity index (χ4n) is 2.66. The van der Waals surface area contributed by atoms with E-state index in [1.54, 1.807) is 36.5 Å². The number of hydrogen-bond acceptors (Lipinski definition) is 4. The van der Waals surface area contributed by atoms with Gasteiger partial charge in [-0.15, -0.1) is 0 Å². The number of nitrogens with one attached hydrogen (secondary N) is 3. The van der Waals surface area contributed by atoms with Crippen LogP contribution in [0.5, 0.6) is 0 Å². The molecule has 1 amide bonds. The Bertz CT molecular complexity index is 1120. The third-order valence-corrected chi connectivity index (χ3v) is 3.84. The highest BCUT2D eigenvalue weighted by Crippen LogP contribution is 2.21. The van der Waals surface area contributed by atoms with E-state index in [4.69, 9.17) is 0 Å². The lowest BCUT2D eigenvalue weighted by molar-refractivity contribution is 0.102. The first-order valence-corrected chi connectivity index (χ1v) is 7.61. The molecule has 2 heterocycles. The average molecular weight is 331 g/mol. The summed E-state index contributed by atoms with van der Waals surface area (Å²) in [6.45, 7) is 0. The van der Waals surface area contributed by atoms with Crippen LogP contribution in [0, 0.1) is 0 Å². The van der Waals surface area contributed by atoms with Crippen molar-refractivity contribution in [2.45, 2.75) is 0 Å². The number of carbonyl (C=O) groups is 1. The molecule has 0 fully saturated rings. The zero-order valence-corrected chi connectivity index (χ0v) is 13.0. The Kier molecular flexibility index (Phi) is 3.59. The highest BCUT2D eigenvalue weighted by molar-refractivity contribution is 6.11. The predicted octanol–water partition coefficient (Wildman–Crippen LogP) is 2.57. The van der Waals surface area contributed by atoms with Crippen LogP contribution < -0.4 is 10.9 Å². The molecule has 0 atom stereocenters. The van der Waals surface area contributed by atoms with Crippen molar-refractivity contribution in [3.8, 4) is 11.3 Å². The molecule has 3 N–H and O–H groups in total. The molecule has 2 aromatic carbocycles. The van der Waals surface area contributed by atoms with Crippen molar-refractivity contribution < 1.29 is 4.79 Å². The van der Waals surface area contributed by atoms with Crippen molar-refractivity contribution in [3.05, 3.63) is 76.8 Å². The van der Waals surface area contributed by atoms with Crippen molar-refractivity contribution in [1.29, 1.82) is 0 Å². The number of amides is 1. The van der Waals surface area contributed by atoms with Gasteiger partial charge in [-0.1, -0.05) is 30.3 Å². The van der Waals surface area contributed by atoms with Crippen LogP contribution in [0.1, 0.15) is 10.5 Å². The highest BCUT2D eigenvalue weighted by Gasteiger charge is 2.14. The number of rotatable bonds is 3. The van der Waals surface area contributed by atoms with Crippen LogP contribution in [0.25, 0.3) is 22.0 Å². The summed E-state index contributed by atoms with van der Waals surface area (Å²) >= 11 is 0. The lowest BCUT2D eigenvalue weighted by Gasteiger charge is -2.08. The molecule has 0 saturated heterocycles. The number of carbonyl (C=O) groups excluding carboxylic acids is 1. The van der Waals surface area contributed by atoms with Gasteiger partial charge in [0.2, 0.25) is 0 Å². The minimum absolute atomic E-state index is 0.169. The highest BCUT2D eigenvalue weighted by atomic mass is 16.2. The van der Waals surface area contributed by atoms with Gasteiger partial charge in [-0.3, -0.25) is 14.7 Å². The Morgan fingerprint density at radius 2 is 1.80 bits per heavy atom. The minimum atomic E-state index is -0.394. The fourth-order valence-corrected chi connectivity index (χ4v) is 2.66. The maximum absolute atomic E-state index is 12.6. The van der Waals surface area contributed by atoms with Crippen molar-refractivity contribution in [1.82, 2.24) is 20.4 Å². The van der Waals surface area contributed by atoms with E-state index in [1.165, 1.54) is 0 Å². The molecule has 0 aliphatic carbocycles. The topological polar surface area (TPSA) is 104 Å². The quantitative estimate of drug-likeness (QED) is 0.537. The summed E-state index contributed by atoms with van der Waals surface area (Å²) in [6, 6.07) is 16.1. The van der Waals surface area contributed by atoms with Gasteiger partial charge < -0.3 is 5.32 Å². The van der Waals surface area contributed by atoms with E-state index in [0.29, 0.717) is 16.5 Å². The molecular weight excluding hydrogens is 318 g/mol. The molecule has 2 aromatic heterocycles. The summed E-state index contributed by atoms with van der Waals surface area (Å²) in [6.07, 6.45) is 1.66. The molecule has 0 radical (unpaired) electrons. The van der Waals surface area contributed by atoms with Gasteiger partial charge in [0.15, 0.2) is 5.69 Å². The van der Waals surface area contributed by atoms with Crippen LogP contribution in [0.2, 0.25) is 0 Å². The van der Waals surface area contributed by atoms with Gasteiger partial charge in [0.25, 0.3) is 11.5 Å². The molecule has 0 aliphatic rings. The molecule has 7 heteroatoms. The van der Waals surface area contributed by atoms with E-state index in [-0.39, 0.29) is 11.3 Å². The largest absolute Gasteiger partial charge is 0.321 e. The zero-order valence-electron chi connectivity index (χ0n) is 13.0. The molecule has 4 aromatic rings. The molecule has 0 spiro atoms. The molecule has 4 rings (SSSR count). The van der Waals surface area contributed by atoms with Crippen LogP contribution in [0.3, 0.4) is 0 Å². The molecule has 25 heavy (non-hydrogen) atoms. The smallest absolute Gasteiger partial charge is 0.276 e. The Hall–Kier alpha value is -3.74. The second-order valence-corrected chi connectivity index (χ2v) is 5.45. The number of H-pyrrole nitrogens is 2. The van der Waals surface area contributed by atoms with Crippen LogP contribution in [-0.4, -0.2) is 26.3 Å². The van der Waals surface area contributed by atoms with Gasteiger partial charge in [-0.25, -0.2) is 5.10 Å². The second-order valence-electron chi connectivity index (χ2n) is 5.45. The molecular formula is C18H13N5O2. The number of aromatic nitrogens is 4. The first-order chi connectivity index (χ1) is 12.2. The van der Waals surface area contributed by atoms with Gasteiger partial charge in [-0.2, -0.15) is 10.2 Å². The number of fused-ring (bicyclic) bond motifs is 1. The van der Waals surface area contributed by atoms with Gasteiger partial charge in [0.05, 0.1) is 11.1 Å². The van der Waals surface area contributed by atoms with E-state index in [1.807, 2.05) is 24.3 Å². The maximum Gasteiger partial charge on any atom is 0.276 e. The monoisotopic (exact) mass is 331 g/mol. The lowest BCUT2D eigenvalue weighted by Crippen LogP contribution is -2.19. The Morgan fingerprint density at radius 1 is 0.960 bits per heavy atom. The molecule has 7 nitrogen and oxygen atoms in total. The van der Waals surface area contributed by atoms with E-state index in [2.05, 4.69) is 25.7 Å². The summed E-state index contributed by atoms with van der Waals surface area (Å²) in [5.74, 6) is -0.394. The lowest BCUT2D eigenvalue weighted by atomic mass is 10.1. The van der Waals surface area contributed by atoms with E-state index >= 15 is 0 Å². The minimum Gasteiger partial charge on any atom is -0.321 e. The van der Waals surface area contributed by atoms with Crippen molar-refractivity contribution in [3.63, 3.8) is 0 Å². The summed E-state index contributed by atoms with van der Waals surface area (Å²) in [4.78, 5) is 24.5. The number of benzene rings is 2. The van der Waals surface area contributed by atoms with Crippen LogP contribution in [-0.2, 0) is 0 Å². The second kappa shape index (κ2) is 6.04. The van der Waals surface area contributed by atoms with Crippen molar-refractivity contribution >= 4 is 22.4 Å². The van der Waals surface area contributed by atoms with Crippen molar-refractivity contribution in [2.24, 2.45) is 0 Å². The number of anilines is 1. The molecule has 0 aliphatic heterocycles. The number of nitrogens with zero attached hydrogens (tertiary/aromatic N) is 2. The Morgan fingerprint density at radius 3 is 2.60 bits per heavy atom. The third-order valence-electron chi connectivity index (χ3n) is 3.84. The van der Waals surface area contributed by atoms with Crippen LogP contribution in [0.15, 0.2) is 65.6 Å². The van der Waals surface area contributed by atoms with Gasteiger partial charge in [0, 0.05) is 22.8 Å². The van der Waals surface area contributed by atoms with E-state index in [0.717, 1.165) is 11.3 Å². The zero-order chi connectivity index (χ0) is 17.2. The Balaban J connectivity index is 1.69. The van der Waals surface area contributed by atoms with Gasteiger partial charge in [0.1, 0.15) is 0 Å². The van der Waals surface area contributed by atoms with Crippen LogP contribution in [0.4, 0.5) is 5.69 Å². The summed E-state index contributed by atoms with van der Waals surface area (Å²) in [5, 5.41) is 16.8. The first-order valence-electron chi connectivity index (χ1n) is 7.61. The average Bonchev–Trinajstić information content (AvgIpc) is 3.17. The summed E-state index contributed by atoms with van der Waals surface area (Å²) in [7, 11) is 0. The molecule has 0 saturated carbocycles. The summed E-state index contributed by atoms with van der Waals surface area (Å²) in [5.41, 5.74) is 2.21. The SMILES string of the molecule is O=C(Nc1cccc(-c2ccn[nH]2)c1)c1n[nH]c(=O)c2ccccc12. The van der Waals surface area contributed by atoms with Crippen LogP contribution >= 0.6 is 0 Å². The van der Waals surface area contributed by atoms with Crippen molar-refractivity contribution in [2.75, 3.05) is 5.32 Å². The summed E-state index contributed by atoms with van der Waals surface area (Å²) < 4.78 is 0. The standard InChI is InChI=1S/C18H13N5O2/c24-17-14-7-2-1-6-13(14)16(22-23-17)18(25)20-12-5-3-4-11(10-12)15-8-9-19-21-15/h1-10H,(H,19,21)(H,20,25)(H,23,24). The first kappa shape index (κ1) is 14.8. The molecule has 0 bridgehead atoms. The van der Waals surface area contributed by atoms with Gasteiger partial charge >= 0.3 is 0 Å².